The highest BCUT2D eigenvalue weighted by molar-refractivity contribution is 5.69. The first kappa shape index (κ1) is 51.4. The van der Waals surface area contributed by atoms with Crippen LogP contribution in [0.15, 0.2) is 0 Å². The second kappa shape index (κ2) is 48.4. The monoisotopic (exact) mass is 735 g/mol. The molecule has 0 aliphatic rings. The Hall–Kier alpha value is -0.570. The molecule has 0 aromatic carbocycles. The van der Waals surface area contributed by atoms with E-state index in [4.69, 9.17) is 9.84 Å². The van der Waals surface area contributed by atoms with E-state index in [0.717, 1.165) is 19.3 Å². The van der Waals surface area contributed by atoms with Gasteiger partial charge in [0, 0.05) is 13.0 Å². The third kappa shape index (κ3) is 47.5. The fourth-order valence-electron chi connectivity index (χ4n) is 7.89. The van der Waals surface area contributed by atoms with Gasteiger partial charge in [-0.05, 0) is 19.3 Å². The van der Waals surface area contributed by atoms with Crippen LogP contribution >= 0.6 is 0 Å². The highest BCUT2D eigenvalue weighted by Gasteiger charge is 2.03. The summed E-state index contributed by atoms with van der Waals surface area (Å²) in [6.07, 6.45) is 61.2. The standard InChI is InChI=1S/C49H98O3/c1-2-3-4-5-6-34-37-40-43-46-49(51)52-48-45-42-39-36-33-31-29-27-25-23-21-19-17-15-13-11-9-7-8-10-12-14-16-18-20-22-24-26-28-30-32-35-38-41-44-47-50/h50H,2-48H2,1H3. The number of esters is 1. The van der Waals surface area contributed by atoms with Gasteiger partial charge in [0.15, 0.2) is 0 Å². The number of hydrogen-bond donors (Lipinski definition) is 1. The van der Waals surface area contributed by atoms with Crippen LogP contribution in [0.25, 0.3) is 0 Å². The van der Waals surface area contributed by atoms with E-state index < -0.39 is 0 Å². The molecule has 0 unspecified atom stereocenters. The van der Waals surface area contributed by atoms with E-state index >= 15 is 0 Å². The third-order valence-electron chi connectivity index (χ3n) is 11.5. The van der Waals surface area contributed by atoms with Gasteiger partial charge in [0.05, 0.1) is 6.61 Å². The van der Waals surface area contributed by atoms with Gasteiger partial charge < -0.3 is 9.84 Å². The zero-order chi connectivity index (χ0) is 37.5. The zero-order valence-electron chi connectivity index (χ0n) is 36.0. The normalized spacial score (nSPS) is 11.5. The van der Waals surface area contributed by atoms with E-state index in [2.05, 4.69) is 6.92 Å². The molecule has 0 amide bonds. The van der Waals surface area contributed by atoms with Gasteiger partial charge in [0.2, 0.25) is 0 Å². The maximum Gasteiger partial charge on any atom is 0.305 e. The van der Waals surface area contributed by atoms with Crippen molar-refractivity contribution in [2.24, 2.45) is 0 Å². The van der Waals surface area contributed by atoms with Crippen LogP contribution in [0.4, 0.5) is 0 Å². The van der Waals surface area contributed by atoms with E-state index in [1.54, 1.807) is 0 Å². The maximum absolute atomic E-state index is 11.9. The van der Waals surface area contributed by atoms with Gasteiger partial charge in [-0.1, -0.05) is 270 Å². The molecule has 0 heterocycles. The van der Waals surface area contributed by atoms with Crippen molar-refractivity contribution in [2.75, 3.05) is 13.2 Å². The minimum Gasteiger partial charge on any atom is -0.466 e. The summed E-state index contributed by atoms with van der Waals surface area (Å²) in [6, 6.07) is 0. The van der Waals surface area contributed by atoms with E-state index in [9.17, 15) is 4.79 Å². The van der Waals surface area contributed by atoms with Gasteiger partial charge in [-0.2, -0.15) is 0 Å². The van der Waals surface area contributed by atoms with Crippen LogP contribution < -0.4 is 0 Å². The molecule has 0 spiro atoms. The Labute approximate surface area is 328 Å². The average molecular weight is 735 g/mol. The molecule has 0 rings (SSSR count). The van der Waals surface area contributed by atoms with Crippen molar-refractivity contribution >= 4 is 5.97 Å². The summed E-state index contributed by atoms with van der Waals surface area (Å²) in [7, 11) is 0. The van der Waals surface area contributed by atoms with E-state index in [1.165, 1.54) is 263 Å². The van der Waals surface area contributed by atoms with Crippen LogP contribution in [-0.4, -0.2) is 24.3 Å². The lowest BCUT2D eigenvalue weighted by atomic mass is 10.0. The molecule has 1 N–H and O–H groups in total. The molecule has 0 bridgehead atoms. The fraction of sp³-hybridized carbons (Fsp3) is 0.980. The summed E-state index contributed by atoms with van der Waals surface area (Å²) in [5.41, 5.74) is 0. The van der Waals surface area contributed by atoms with Gasteiger partial charge >= 0.3 is 5.97 Å². The van der Waals surface area contributed by atoms with Crippen molar-refractivity contribution in [3.05, 3.63) is 0 Å². The first-order valence-electron chi connectivity index (χ1n) is 24.6. The lowest BCUT2D eigenvalue weighted by Gasteiger charge is -2.06. The molecular weight excluding hydrogens is 637 g/mol. The van der Waals surface area contributed by atoms with E-state index in [0.29, 0.717) is 19.6 Å². The molecule has 3 heteroatoms. The Bertz CT molecular complexity index is 634. The van der Waals surface area contributed by atoms with Gasteiger partial charge in [-0.15, -0.1) is 0 Å². The molecule has 312 valence electrons. The number of carbonyl (C=O) groups is 1. The predicted octanol–water partition coefficient (Wildman–Crippen LogP) is 17.1. The number of rotatable bonds is 47. The largest absolute Gasteiger partial charge is 0.466 e. The molecule has 0 atom stereocenters. The molecule has 52 heavy (non-hydrogen) atoms. The molecule has 0 fully saturated rings. The van der Waals surface area contributed by atoms with Gasteiger partial charge in [-0.3, -0.25) is 4.79 Å². The number of ether oxygens (including phenoxy) is 1. The first-order chi connectivity index (χ1) is 25.8. The van der Waals surface area contributed by atoms with Crippen molar-refractivity contribution in [3.8, 4) is 0 Å². The second-order valence-electron chi connectivity index (χ2n) is 16.9. The summed E-state index contributed by atoms with van der Waals surface area (Å²) in [5.74, 6) is 0.0246. The quantitative estimate of drug-likeness (QED) is 0.0500. The topological polar surface area (TPSA) is 46.5 Å². The summed E-state index contributed by atoms with van der Waals surface area (Å²) in [5, 5.41) is 8.81. The van der Waals surface area contributed by atoms with Crippen LogP contribution in [0.1, 0.15) is 296 Å². The van der Waals surface area contributed by atoms with Crippen LogP contribution in [0, 0.1) is 0 Å². The highest BCUT2D eigenvalue weighted by Crippen LogP contribution is 2.17. The van der Waals surface area contributed by atoms with Gasteiger partial charge in [-0.25, -0.2) is 0 Å². The molecule has 0 aromatic heterocycles. The second-order valence-corrected chi connectivity index (χ2v) is 16.9. The van der Waals surface area contributed by atoms with Crippen molar-refractivity contribution < 1.29 is 14.6 Å². The zero-order valence-corrected chi connectivity index (χ0v) is 36.0. The molecule has 0 saturated carbocycles. The van der Waals surface area contributed by atoms with Crippen molar-refractivity contribution in [3.63, 3.8) is 0 Å². The summed E-state index contributed by atoms with van der Waals surface area (Å²) < 4.78 is 5.44. The minimum atomic E-state index is 0.0246. The Kier molecular flexibility index (Phi) is 47.9. The molecule has 3 nitrogen and oxygen atoms in total. The smallest absolute Gasteiger partial charge is 0.305 e. The first-order valence-corrected chi connectivity index (χ1v) is 24.6. The van der Waals surface area contributed by atoms with E-state index in [-0.39, 0.29) is 5.97 Å². The lowest BCUT2D eigenvalue weighted by Crippen LogP contribution is -2.05. The average Bonchev–Trinajstić information content (AvgIpc) is 3.15. The molecule has 0 aliphatic heterocycles. The summed E-state index contributed by atoms with van der Waals surface area (Å²) in [4.78, 5) is 11.9. The van der Waals surface area contributed by atoms with Crippen LogP contribution in [0.5, 0.6) is 0 Å². The van der Waals surface area contributed by atoms with Gasteiger partial charge in [0.25, 0.3) is 0 Å². The summed E-state index contributed by atoms with van der Waals surface area (Å²) in [6.45, 7) is 3.27. The number of aliphatic hydroxyl groups is 1. The van der Waals surface area contributed by atoms with Crippen LogP contribution in [0.3, 0.4) is 0 Å². The van der Waals surface area contributed by atoms with Crippen molar-refractivity contribution in [2.45, 2.75) is 296 Å². The SMILES string of the molecule is CCCCCCCCCCCC(=O)OCCCCCCCCCCCCCCCCCCCCCCCCCCCCCCCCCCCCCO. The third-order valence-corrected chi connectivity index (χ3v) is 11.5. The minimum absolute atomic E-state index is 0.0246. The fourth-order valence-corrected chi connectivity index (χ4v) is 7.89. The van der Waals surface area contributed by atoms with Crippen LogP contribution in [-0.2, 0) is 9.53 Å². The Morgan fingerprint density at radius 1 is 0.308 bits per heavy atom. The summed E-state index contributed by atoms with van der Waals surface area (Å²) >= 11 is 0. The van der Waals surface area contributed by atoms with Crippen molar-refractivity contribution in [1.82, 2.24) is 0 Å². The molecule has 0 saturated heterocycles. The molecule has 0 aromatic rings. The number of aliphatic hydroxyl groups excluding tert-OH is 1. The van der Waals surface area contributed by atoms with Gasteiger partial charge in [0.1, 0.15) is 0 Å². The van der Waals surface area contributed by atoms with Crippen LogP contribution in [0.2, 0.25) is 0 Å². The van der Waals surface area contributed by atoms with Crippen molar-refractivity contribution in [1.29, 1.82) is 0 Å². The molecule has 0 radical (unpaired) electrons. The number of hydrogen-bond acceptors (Lipinski definition) is 3. The highest BCUT2D eigenvalue weighted by atomic mass is 16.5. The Morgan fingerprint density at radius 3 is 0.769 bits per heavy atom. The number of unbranched alkanes of at least 4 members (excludes halogenated alkanes) is 42. The van der Waals surface area contributed by atoms with E-state index in [1.807, 2.05) is 0 Å². The number of carbonyl (C=O) groups excluding carboxylic acids is 1. The molecule has 0 aliphatic carbocycles. The lowest BCUT2D eigenvalue weighted by molar-refractivity contribution is -0.143. The Balaban J connectivity index is 3.10. The Morgan fingerprint density at radius 2 is 0.519 bits per heavy atom. The predicted molar refractivity (Wildman–Crippen MR) is 231 cm³/mol. The maximum atomic E-state index is 11.9. The molecular formula is C49H98O3.